The van der Waals surface area contributed by atoms with Gasteiger partial charge in [-0.3, -0.25) is 9.69 Å². The summed E-state index contributed by atoms with van der Waals surface area (Å²) in [4.78, 5) is 18.0. The van der Waals surface area contributed by atoms with Crippen molar-refractivity contribution in [1.82, 2.24) is 4.90 Å². The quantitative estimate of drug-likeness (QED) is 0.390. The third kappa shape index (κ3) is 5.21. The summed E-state index contributed by atoms with van der Waals surface area (Å²) in [5.74, 6) is 1.38. The van der Waals surface area contributed by atoms with Crippen LogP contribution in [0.1, 0.15) is 49.1 Å². The van der Waals surface area contributed by atoms with E-state index < -0.39 is 5.60 Å². The number of nitrogens with zero attached hydrogens (tertiary/aromatic N) is 2. The molecule has 6 rings (SSSR count). The second kappa shape index (κ2) is 11.0. The number of hydrogen-bond donors (Lipinski definition) is 1. The van der Waals surface area contributed by atoms with Gasteiger partial charge >= 0.3 is 0 Å². The lowest BCUT2D eigenvalue weighted by Gasteiger charge is -2.52. The predicted molar refractivity (Wildman–Crippen MR) is 159 cm³/mol. The molecule has 0 bridgehead atoms. The normalized spacial score (nSPS) is 21.2. The van der Waals surface area contributed by atoms with Crippen molar-refractivity contribution >= 4 is 23.2 Å². The maximum atomic E-state index is 13.8. The molecule has 3 aromatic carbocycles. The van der Waals surface area contributed by atoms with Gasteiger partial charge in [-0.15, -0.1) is 0 Å². The zero-order chi connectivity index (χ0) is 28.9. The molecule has 0 aliphatic carbocycles. The monoisotopic (exact) mass is 576 g/mol. The molecule has 7 nitrogen and oxygen atoms in total. The third-order valence-electron chi connectivity index (χ3n) is 8.71. The molecule has 0 saturated carbocycles. The second-order valence-corrected chi connectivity index (χ2v) is 12.2. The fraction of sp³-hybridized carbons (Fsp3) is 0.424. The first-order valence-electron chi connectivity index (χ1n) is 14.3. The molecule has 0 aromatic heterocycles. The van der Waals surface area contributed by atoms with E-state index in [1.165, 1.54) is 0 Å². The smallest absolute Gasteiger partial charge is 0.232 e. The Labute approximate surface area is 246 Å². The van der Waals surface area contributed by atoms with Crippen molar-refractivity contribution in [3.05, 3.63) is 87.9 Å². The minimum absolute atomic E-state index is 0.0195. The summed E-state index contributed by atoms with van der Waals surface area (Å²) in [5, 5.41) is 12.1. The third-order valence-corrected chi connectivity index (χ3v) is 8.96. The lowest BCUT2D eigenvalue weighted by molar-refractivity contribution is -0.145. The topological polar surface area (TPSA) is 71.5 Å². The van der Waals surface area contributed by atoms with Crippen LogP contribution >= 0.6 is 11.6 Å². The molecule has 3 heterocycles. The first kappa shape index (κ1) is 28.0. The Balaban J connectivity index is 1.35. The fourth-order valence-electron chi connectivity index (χ4n) is 6.12. The van der Waals surface area contributed by atoms with E-state index in [0.717, 1.165) is 54.2 Å². The number of hydrogen-bond acceptors (Lipinski definition) is 6. The first-order valence-corrected chi connectivity index (χ1v) is 14.6. The van der Waals surface area contributed by atoms with Crippen LogP contribution in [0.25, 0.3) is 0 Å². The number of rotatable bonds is 8. The van der Waals surface area contributed by atoms with Crippen molar-refractivity contribution in [3.63, 3.8) is 0 Å². The van der Waals surface area contributed by atoms with Crippen LogP contribution in [0.3, 0.4) is 0 Å². The Morgan fingerprint density at radius 3 is 2.29 bits per heavy atom. The van der Waals surface area contributed by atoms with Gasteiger partial charge in [-0.1, -0.05) is 35.9 Å². The number of methoxy groups -OCH3 is 1. The van der Waals surface area contributed by atoms with Crippen molar-refractivity contribution in [2.24, 2.45) is 5.92 Å². The van der Waals surface area contributed by atoms with Crippen LogP contribution in [0, 0.1) is 5.92 Å². The Morgan fingerprint density at radius 2 is 1.71 bits per heavy atom. The molecule has 0 spiro atoms. The zero-order valence-corrected chi connectivity index (χ0v) is 24.7. The van der Waals surface area contributed by atoms with E-state index in [4.69, 9.17) is 25.8 Å². The fourth-order valence-corrected chi connectivity index (χ4v) is 6.25. The highest BCUT2D eigenvalue weighted by molar-refractivity contribution is 6.30. The summed E-state index contributed by atoms with van der Waals surface area (Å²) in [6.07, 6.45) is 0.197. The Kier molecular flexibility index (Phi) is 7.49. The maximum absolute atomic E-state index is 13.8. The van der Waals surface area contributed by atoms with Gasteiger partial charge in [-0.25, -0.2) is 0 Å². The van der Waals surface area contributed by atoms with Crippen LogP contribution in [-0.4, -0.2) is 61.5 Å². The van der Waals surface area contributed by atoms with Crippen LogP contribution in [-0.2, 0) is 21.6 Å². The Bertz CT molecular complexity index is 1410. The molecule has 41 heavy (non-hydrogen) atoms. The van der Waals surface area contributed by atoms with E-state index in [-0.39, 0.29) is 30.4 Å². The standard InChI is InChI=1S/C33H37ClN2O5/c1-20(2)41-30-15-28-22(13-29(30)39-4)14-31(37)36(32(28)21-5-9-25(34)10-6-21)26-11-7-23(8-12-26)33(3,38)24-16-35(17-24)27-18-40-19-27/h5-13,15,20,24,27,32,38H,14,16-19H2,1-4H3/t32?,33-/m1/s1. The average molecular weight is 577 g/mol. The molecule has 2 saturated heterocycles. The largest absolute Gasteiger partial charge is 0.493 e. The Morgan fingerprint density at radius 1 is 1.02 bits per heavy atom. The molecule has 3 aromatic rings. The van der Waals surface area contributed by atoms with E-state index >= 15 is 0 Å². The summed E-state index contributed by atoms with van der Waals surface area (Å²) < 4.78 is 17.1. The summed E-state index contributed by atoms with van der Waals surface area (Å²) in [6, 6.07) is 19.4. The molecule has 8 heteroatoms. The minimum atomic E-state index is -0.965. The van der Waals surface area contributed by atoms with Crippen molar-refractivity contribution in [3.8, 4) is 11.5 Å². The predicted octanol–water partition coefficient (Wildman–Crippen LogP) is 5.35. The second-order valence-electron chi connectivity index (χ2n) is 11.8. The highest BCUT2D eigenvalue weighted by Gasteiger charge is 2.45. The van der Waals surface area contributed by atoms with Gasteiger partial charge in [0.2, 0.25) is 5.91 Å². The maximum Gasteiger partial charge on any atom is 0.232 e. The number of carbonyl (C=O) groups is 1. The SMILES string of the molecule is COc1cc2c(cc1OC(C)C)C(c1ccc(Cl)cc1)N(c1ccc([C@@](C)(O)C3CN(C4COC4)C3)cc1)C(=O)C2. The molecular formula is C33H37ClN2O5. The summed E-state index contributed by atoms with van der Waals surface area (Å²) >= 11 is 6.25. The molecule has 1 amide bonds. The molecule has 216 valence electrons. The van der Waals surface area contributed by atoms with Gasteiger partial charge in [0.25, 0.3) is 0 Å². The zero-order valence-electron chi connectivity index (χ0n) is 24.0. The van der Waals surface area contributed by atoms with Crippen LogP contribution < -0.4 is 14.4 Å². The molecule has 1 N–H and O–H groups in total. The number of aliphatic hydroxyl groups is 1. The van der Waals surface area contributed by atoms with E-state index in [9.17, 15) is 9.90 Å². The van der Waals surface area contributed by atoms with Gasteiger partial charge in [-0.2, -0.15) is 0 Å². The van der Waals surface area contributed by atoms with Gasteiger partial charge in [0.05, 0.1) is 50.5 Å². The van der Waals surface area contributed by atoms with E-state index in [1.54, 1.807) is 7.11 Å². The molecule has 0 radical (unpaired) electrons. The van der Waals surface area contributed by atoms with Crippen molar-refractivity contribution < 1.29 is 24.1 Å². The molecular weight excluding hydrogens is 540 g/mol. The summed E-state index contributed by atoms with van der Waals surface area (Å²) in [7, 11) is 1.61. The van der Waals surface area contributed by atoms with Crippen LogP contribution in [0.5, 0.6) is 11.5 Å². The van der Waals surface area contributed by atoms with Gasteiger partial charge in [0, 0.05) is 29.7 Å². The van der Waals surface area contributed by atoms with Gasteiger partial charge < -0.3 is 24.2 Å². The van der Waals surface area contributed by atoms with Gasteiger partial charge in [-0.05, 0) is 79.4 Å². The molecule has 1 unspecified atom stereocenters. The number of carbonyl (C=O) groups excluding carboxylic acids is 1. The highest BCUT2D eigenvalue weighted by atomic mass is 35.5. The number of amides is 1. The van der Waals surface area contributed by atoms with Crippen LogP contribution in [0.2, 0.25) is 5.02 Å². The summed E-state index contributed by atoms with van der Waals surface area (Å²) in [6.45, 7) is 9.12. The Hall–Kier alpha value is -3.10. The highest BCUT2D eigenvalue weighted by Crippen LogP contribution is 2.44. The number of anilines is 1. The van der Waals surface area contributed by atoms with E-state index in [2.05, 4.69) is 4.90 Å². The van der Waals surface area contributed by atoms with Crippen molar-refractivity contribution in [2.45, 2.75) is 51.0 Å². The molecule has 2 fully saturated rings. The lowest BCUT2D eigenvalue weighted by Crippen LogP contribution is -2.63. The van der Waals surface area contributed by atoms with E-state index in [0.29, 0.717) is 22.6 Å². The van der Waals surface area contributed by atoms with Crippen LogP contribution in [0.4, 0.5) is 5.69 Å². The number of halogens is 1. The van der Waals surface area contributed by atoms with E-state index in [1.807, 2.05) is 86.3 Å². The van der Waals surface area contributed by atoms with Crippen molar-refractivity contribution in [1.29, 1.82) is 0 Å². The van der Waals surface area contributed by atoms with Gasteiger partial charge in [0.15, 0.2) is 11.5 Å². The first-order chi connectivity index (χ1) is 19.7. The minimum Gasteiger partial charge on any atom is -0.493 e. The number of ether oxygens (including phenoxy) is 3. The summed E-state index contributed by atoms with van der Waals surface area (Å²) in [5.41, 5.74) is 3.48. The van der Waals surface area contributed by atoms with Gasteiger partial charge in [0.1, 0.15) is 0 Å². The van der Waals surface area contributed by atoms with Crippen LogP contribution in [0.15, 0.2) is 60.7 Å². The molecule has 2 atom stereocenters. The molecule has 3 aliphatic heterocycles. The van der Waals surface area contributed by atoms with Crippen molar-refractivity contribution in [2.75, 3.05) is 38.3 Å². The number of benzene rings is 3. The average Bonchev–Trinajstić information content (AvgIpc) is 2.88. The molecule has 3 aliphatic rings. The lowest BCUT2D eigenvalue weighted by atomic mass is 9.77. The number of likely N-dealkylation sites (tertiary alicyclic amines) is 1. The number of fused-ring (bicyclic) bond motifs is 1.